The molecule has 1 aliphatic heterocycles. The lowest BCUT2D eigenvalue weighted by molar-refractivity contribution is 0.0920. The molecule has 0 unspecified atom stereocenters. The molecule has 1 fully saturated rings. The Morgan fingerprint density at radius 3 is 2.58 bits per heavy atom. The number of nitrogens with zero attached hydrogens (tertiary/aromatic N) is 3. The van der Waals surface area contributed by atoms with Crippen LogP contribution in [-0.4, -0.2) is 40.2 Å². The highest BCUT2D eigenvalue weighted by atomic mass is 35.5. The second-order valence-corrected chi connectivity index (χ2v) is 6.46. The van der Waals surface area contributed by atoms with E-state index in [1.165, 1.54) is 19.2 Å². The molecule has 0 saturated carbocycles. The summed E-state index contributed by atoms with van der Waals surface area (Å²) in [5.74, 6) is -0.273. The lowest BCUT2D eigenvalue weighted by atomic mass is 10.00. The summed E-state index contributed by atoms with van der Waals surface area (Å²) in [7, 11) is 3.56. The number of halogens is 1. The minimum Gasteiger partial charge on any atom is -0.346 e. The van der Waals surface area contributed by atoms with Gasteiger partial charge in [-0.25, -0.2) is 4.68 Å². The molecule has 1 aromatic heterocycles. The molecule has 0 aliphatic carbocycles. The number of carbonyl (C=O) groups is 1. The SMILES string of the molecule is CN1CC[C@@H](NC(=O)c2ccc(=O)n(C)n2)[C@@H]1c1ccc(Cl)cc1. The molecule has 7 heteroatoms. The Morgan fingerprint density at radius 2 is 1.92 bits per heavy atom. The van der Waals surface area contributed by atoms with Crippen molar-refractivity contribution in [1.82, 2.24) is 20.0 Å². The first-order valence-electron chi connectivity index (χ1n) is 7.76. The van der Waals surface area contributed by atoms with E-state index in [2.05, 4.69) is 15.3 Å². The Morgan fingerprint density at radius 1 is 1.21 bits per heavy atom. The number of benzene rings is 1. The highest BCUT2D eigenvalue weighted by molar-refractivity contribution is 6.30. The van der Waals surface area contributed by atoms with Gasteiger partial charge < -0.3 is 5.32 Å². The summed E-state index contributed by atoms with van der Waals surface area (Å²) in [6.45, 7) is 0.888. The summed E-state index contributed by atoms with van der Waals surface area (Å²) in [6.07, 6.45) is 0.849. The number of nitrogens with one attached hydrogen (secondary N) is 1. The highest BCUT2D eigenvalue weighted by Crippen LogP contribution is 2.31. The van der Waals surface area contributed by atoms with Crippen LogP contribution >= 0.6 is 11.6 Å². The molecule has 1 aromatic carbocycles. The monoisotopic (exact) mass is 346 g/mol. The van der Waals surface area contributed by atoms with Crippen LogP contribution in [0.15, 0.2) is 41.2 Å². The molecule has 6 nitrogen and oxygen atoms in total. The third kappa shape index (κ3) is 3.34. The summed E-state index contributed by atoms with van der Waals surface area (Å²) in [5, 5.41) is 7.74. The van der Waals surface area contributed by atoms with Crippen molar-refractivity contribution in [3.8, 4) is 0 Å². The van der Waals surface area contributed by atoms with E-state index in [4.69, 9.17) is 11.6 Å². The molecule has 126 valence electrons. The number of likely N-dealkylation sites (N-methyl/N-ethyl adjacent to an activating group) is 1. The van der Waals surface area contributed by atoms with Gasteiger partial charge in [0, 0.05) is 24.7 Å². The second kappa shape index (κ2) is 6.75. The Bertz CT molecular complexity index is 803. The van der Waals surface area contributed by atoms with Crippen molar-refractivity contribution < 1.29 is 4.79 Å². The van der Waals surface area contributed by atoms with Crippen LogP contribution in [0.4, 0.5) is 0 Å². The van der Waals surface area contributed by atoms with Crippen molar-refractivity contribution >= 4 is 17.5 Å². The normalized spacial score (nSPS) is 21.0. The highest BCUT2D eigenvalue weighted by Gasteiger charge is 2.34. The number of hydrogen-bond acceptors (Lipinski definition) is 4. The molecule has 0 spiro atoms. The van der Waals surface area contributed by atoms with E-state index in [-0.39, 0.29) is 29.2 Å². The van der Waals surface area contributed by atoms with Crippen molar-refractivity contribution in [3.05, 3.63) is 63.0 Å². The minimum absolute atomic E-state index is 0.0253. The maximum atomic E-state index is 12.5. The number of likely N-dealkylation sites (tertiary alicyclic amines) is 1. The Hall–Kier alpha value is -2.18. The van der Waals surface area contributed by atoms with Crippen LogP contribution in [-0.2, 0) is 7.05 Å². The molecule has 3 rings (SSSR count). The van der Waals surface area contributed by atoms with E-state index >= 15 is 0 Å². The smallest absolute Gasteiger partial charge is 0.272 e. The van der Waals surface area contributed by atoms with Gasteiger partial charge >= 0.3 is 0 Å². The molecule has 1 aliphatic rings. The first-order chi connectivity index (χ1) is 11.5. The second-order valence-electron chi connectivity index (χ2n) is 6.03. The van der Waals surface area contributed by atoms with Gasteiger partial charge in [-0.2, -0.15) is 5.10 Å². The topological polar surface area (TPSA) is 67.2 Å². The van der Waals surface area contributed by atoms with Gasteiger partial charge in [0.25, 0.3) is 11.5 Å². The standard InChI is InChI=1S/C17H19ClN4O2/c1-21-10-9-13(16(21)11-3-5-12(18)6-4-11)19-17(24)14-7-8-15(23)22(2)20-14/h3-8,13,16H,9-10H2,1-2H3,(H,19,24)/t13-,16+/m1/s1. The van der Waals surface area contributed by atoms with E-state index in [1.807, 2.05) is 31.3 Å². The van der Waals surface area contributed by atoms with Gasteiger partial charge in [0.15, 0.2) is 0 Å². The van der Waals surface area contributed by atoms with Crippen molar-refractivity contribution in [1.29, 1.82) is 0 Å². The van der Waals surface area contributed by atoms with E-state index in [0.717, 1.165) is 23.2 Å². The van der Waals surface area contributed by atoms with Gasteiger partial charge in [-0.15, -0.1) is 0 Å². The molecule has 24 heavy (non-hydrogen) atoms. The van der Waals surface area contributed by atoms with Crippen molar-refractivity contribution in [2.24, 2.45) is 7.05 Å². The number of aryl methyl sites for hydroxylation is 1. The van der Waals surface area contributed by atoms with Gasteiger partial charge in [0.05, 0.1) is 12.1 Å². The fourth-order valence-corrected chi connectivity index (χ4v) is 3.24. The zero-order chi connectivity index (χ0) is 17.3. The van der Waals surface area contributed by atoms with Crippen molar-refractivity contribution in [3.63, 3.8) is 0 Å². The van der Waals surface area contributed by atoms with Crippen molar-refractivity contribution in [2.45, 2.75) is 18.5 Å². The fourth-order valence-electron chi connectivity index (χ4n) is 3.11. The molecule has 2 heterocycles. The summed E-state index contributed by atoms with van der Waals surface area (Å²) in [5.41, 5.74) is 1.10. The number of amides is 1. The predicted octanol–water partition coefficient (Wildman–Crippen LogP) is 1.61. The molecule has 2 aromatic rings. The molecular weight excluding hydrogens is 328 g/mol. The van der Waals surface area contributed by atoms with Crippen LogP contribution in [0.25, 0.3) is 0 Å². The van der Waals surface area contributed by atoms with Crippen LogP contribution in [0.2, 0.25) is 5.02 Å². The summed E-state index contributed by atoms with van der Waals surface area (Å²) >= 11 is 5.96. The van der Waals surface area contributed by atoms with E-state index in [9.17, 15) is 9.59 Å². The molecule has 1 amide bonds. The lowest BCUT2D eigenvalue weighted by Crippen LogP contribution is -2.40. The average molecular weight is 347 g/mol. The Balaban J connectivity index is 1.80. The van der Waals surface area contributed by atoms with Gasteiger partial charge in [0.1, 0.15) is 5.69 Å². The zero-order valence-corrected chi connectivity index (χ0v) is 14.3. The number of carbonyl (C=O) groups excluding carboxylic acids is 1. The van der Waals surface area contributed by atoms with Crippen LogP contribution in [0, 0.1) is 0 Å². The summed E-state index contributed by atoms with van der Waals surface area (Å²) in [6, 6.07) is 10.5. The first kappa shape index (κ1) is 16.7. The summed E-state index contributed by atoms with van der Waals surface area (Å²) in [4.78, 5) is 26.1. The van der Waals surface area contributed by atoms with Crippen LogP contribution in [0.1, 0.15) is 28.5 Å². The maximum Gasteiger partial charge on any atom is 0.272 e. The Kier molecular flexibility index (Phi) is 4.69. The number of hydrogen-bond donors (Lipinski definition) is 1. The van der Waals surface area contributed by atoms with Crippen LogP contribution in [0.3, 0.4) is 0 Å². The van der Waals surface area contributed by atoms with E-state index < -0.39 is 0 Å². The maximum absolute atomic E-state index is 12.5. The average Bonchev–Trinajstić information content (AvgIpc) is 2.91. The minimum atomic E-state index is -0.273. The molecular formula is C17H19ClN4O2. The lowest BCUT2D eigenvalue weighted by Gasteiger charge is -2.26. The van der Waals surface area contributed by atoms with Crippen LogP contribution < -0.4 is 10.9 Å². The molecule has 0 bridgehead atoms. The molecule has 1 saturated heterocycles. The largest absolute Gasteiger partial charge is 0.346 e. The van der Waals surface area contributed by atoms with Gasteiger partial charge in [-0.3, -0.25) is 14.5 Å². The van der Waals surface area contributed by atoms with E-state index in [0.29, 0.717) is 5.02 Å². The third-order valence-electron chi connectivity index (χ3n) is 4.37. The van der Waals surface area contributed by atoms with Gasteiger partial charge in [0.2, 0.25) is 0 Å². The van der Waals surface area contributed by atoms with Crippen LogP contribution in [0.5, 0.6) is 0 Å². The van der Waals surface area contributed by atoms with Gasteiger partial charge in [-0.1, -0.05) is 23.7 Å². The quantitative estimate of drug-likeness (QED) is 0.917. The van der Waals surface area contributed by atoms with Crippen molar-refractivity contribution in [2.75, 3.05) is 13.6 Å². The Labute approximate surface area is 145 Å². The fraction of sp³-hybridized carbons (Fsp3) is 0.353. The molecule has 1 N–H and O–H groups in total. The third-order valence-corrected chi connectivity index (χ3v) is 4.62. The predicted molar refractivity (Wildman–Crippen MR) is 92.2 cm³/mol. The first-order valence-corrected chi connectivity index (χ1v) is 8.14. The van der Waals surface area contributed by atoms with E-state index in [1.54, 1.807) is 0 Å². The van der Waals surface area contributed by atoms with Gasteiger partial charge in [-0.05, 0) is 37.2 Å². The zero-order valence-electron chi connectivity index (χ0n) is 13.6. The number of aromatic nitrogens is 2. The molecule has 2 atom stereocenters. The number of rotatable bonds is 3. The summed E-state index contributed by atoms with van der Waals surface area (Å²) < 4.78 is 1.16. The molecule has 0 radical (unpaired) electrons.